The monoisotopic (exact) mass is 285 g/mol. The quantitative estimate of drug-likeness (QED) is 0.834. The molecule has 2 atom stereocenters. The molecule has 0 aliphatic rings. The Morgan fingerprint density at radius 2 is 1.95 bits per heavy atom. The molecule has 0 aliphatic carbocycles. The molecule has 1 aromatic carbocycles. The fourth-order valence-corrected chi connectivity index (χ4v) is 2.15. The summed E-state index contributed by atoms with van der Waals surface area (Å²) in [6, 6.07) is 9.23. The smallest absolute Gasteiger partial charge is 0.408 e. The van der Waals surface area contributed by atoms with Crippen LogP contribution in [0.4, 0.5) is 4.79 Å². The largest absolute Gasteiger partial charge is 0.444 e. The molecule has 1 amide bonds. The second-order valence-electron chi connectivity index (χ2n) is 5.23. The highest BCUT2D eigenvalue weighted by Crippen LogP contribution is 2.24. The van der Waals surface area contributed by atoms with Gasteiger partial charge in [0.05, 0.1) is 0 Å². The minimum atomic E-state index is -2.88. The van der Waals surface area contributed by atoms with Gasteiger partial charge in [0.2, 0.25) is 8.03 Å². The number of rotatable bonds is 4. The van der Waals surface area contributed by atoms with Crippen molar-refractivity contribution in [3.05, 3.63) is 35.9 Å². The standard InChI is InChI=1S/C13H20NO4P/c1-13(2,3)18-12(15)14-11(19(16)17)9-10-7-5-4-6-8-10/h4-8,11,19H,9H2,1-3H3,(H,14,15)(H,16,17). The highest BCUT2D eigenvalue weighted by molar-refractivity contribution is 7.38. The maximum Gasteiger partial charge on any atom is 0.408 e. The molecule has 19 heavy (non-hydrogen) atoms. The van der Waals surface area contributed by atoms with Crippen molar-refractivity contribution in [1.29, 1.82) is 0 Å². The highest BCUT2D eigenvalue weighted by atomic mass is 31.1. The number of ether oxygens (including phenoxy) is 1. The van der Waals surface area contributed by atoms with E-state index in [1.165, 1.54) is 0 Å². The third-order valence-corrected chi connectivity index (χ3v) is 3.22. The maximum atomic E-state index is 11.6. The molecule has 0 spiro atoms. The number of carbonyl (C=O) groups excluding carboxylic acids is 1. The molecule has 0 fully saturated rings. The van der Waals surface area contributed by atoms with Gasteiger partial charge in [-0.3, -0.25) is 4.57 Å². The zero-order valence-corrected chi connectivity index (χ0v) is 12.3. The molecule has 0 aliphatic heterocycles. The van der Waals surface area contributed by atoms with Gasteiger partial charge in [0.1, 0.15) is 11.4 Å². The van der Waals surface area contributed by atoms with E-state index >= 15 is 0 Å². The minimum absolute atomic E-state index is 0.300. The van der Waals surface area contributed by atoms with Crippen molar-refractivity contribution < 1.29 is 19.0 Å². The van der Waals surface area contributed by atoms with E-state index < -0.39 is 25.5 Å². The molecule has 0 aromatic heterocycles. The zero-order chi connectivity index (χ0) is 14.5. The van der Waals surface area contributed by atoms with Crippen LogP contribution in [0.1, 0.15) is 26.3 Å². The lowest BCUT2D eigenvalue weighted by atomic mass is 10.1. The summed E-state index contributed by atoms with van der Waals surface area (Å²) in [5, 5.41) is 2.44. The molecule has 2 unspecified atom stereocenters. The maximum absolute atomic E-state index is 11.6. The van der Waals surface area contributed by atoms with Gasteiger partial charge >= 0.3 is 6.09 Å². The molecule has 0 bridgehead atoms. The molecule has 106 valence electrons. The van der Waals surface area contributed by atoms with E-state index in [2.05, 4.69) is 5.32 Å². The Kier molecular flexibility index (Phi) is 5.58. The summed E-state index contributed by atoms with van der Waals surface area (Å²) in [6.07, 6.45) is -0.380. The van der Waals surface area contributed by atoms with Crippen LogP contribution in [-0.4, -0.2) is 22.4 Å². The van der Waals surface area contributed by atoms with Crippen LogP contribution in [0.15, 0.2) is 30.3 Å². The lowest BCUT2D eigenvalue weighted by molar-refractivity contribution is 0.0518. The molecule has 2 N–H and O–H groups in total. The van der Waals surface area contributed by atoms with Crippen LogP contribution >= 0.6 is 8.03 Å². The second-order valence-corrected chi connectivity index (χ2v) is 6.60. The van der Waals surface area contributed by atoms with E-state index in [0.717, 1.165) is 5.56 Å². The average Bonchev–Trinajstić information content (AvgIpc) is 2.26. The number of alkyl carbamates (subject to hydrolysis) is 1. The first kappa shape index (κ1) is 15.7. The van der Waals surface area contributed by atoms with Crippen molar-refractivity contribution in [3.8, 4) is 0 Å². The highest BCUT2D eigenvalue weighted by Gasteiger charge is 2.22. The fourth-order valence-electron chi connectivity index (χ4n) is 1.50. The molecule has 0 heterocycles. The lowest BCUT2D eigenvalue weighted by Gasteiger charge is -2.22. The summed E-state index contributed by atoms with van der Waals surface area (Å²) in [7, 11) is -2.88. The number of benzene rings is 1. The molecule has 0 saturated heterocycles. The number of amides is 1. The van der Waals surface area contributed by atoms with Gasteiger partial charge in [-0.05, 0) is 26.3 Å². The number of hydrogen-bond donors (Lipinski definition) is 2. The first-order valence-corrected chi connectivity index (χ1v) is 7.47. The fraction of sp³-hybridized carbons (Fsp3) is 0.462. The predicted octanol–water partition coefficient (Wildman–Crippen LogP) is 2.55. The normalized spacial score (nSPS) is 14.5. The SMILES string of the molecule is CC(C)(C)OC(=O)NC(Cc1ccccc1)[PH](=O)O. The first-order chi connectivity index (χ1) is 8.78. The van der Waals surface area contributed by atoms with Crippen molar-refractivity contribution in [2.24, 2.45) is 0 Å². The predicted molar refractivity (Wildman–Crippen MR) is 74.5 cm³/mol. The summed E-state index contributed by atoms with van der Waals surface area (Å²) in [6.45, 7) is 5.21. The van der Waals surface area contributed by atoms with Gasteiger partial charge in [0.25, 0.3) is 0 Å². The van der Waals surface area contributed by atoms with Crippen LogP contribution in [0.25, 0.3) is 0 Å². The molecular weight excluding hydrogens is 265 g/mol. The Bertz CT molecular complexity index is 442. The molecule has 5 nitrogen and oxygen atoms in total. The van der Waals surface area contributed by atoms with Gasteiger partial charge in [-0.2, -0.15) is 0 Å². The van der Waals surface area contributed by atoms with Crippen molar-refractivity contribution >= 4 is 14.1 Å². The Morgan fingerprint density at radius 3 is 2.42 bits per heavy atom. The average molecular weight is 285 g/mol. The summed E-state index contributed by atoms with van der Waals surface area (Å²) in [4.78, 5) is 20.9. The van der Waals surface area contributed by atoms with E-state index in [0.29, 0.717) is 6.42 Å². The van der Waals surface area contributed by atoms with Gasteiger partial charge in [-0.1, -0.05) is 30.3 Å². The van der Waals surface area contributed by atoms with Crippen molar-refractivity contribution in [3.63, 3.8) is 0 Å². The Labute approximate surface area is 113 Å². The van der Waals surface area contributed by atoms with Crippen LogP contribution in [-0.2, 0) is 15.7 Å². The first-order valence-electron chi connectivity index (χ1n) is 6.04. The summed E-state index contributed by atoms with van der Waals surface area (Å²) < 4.78 is 16.4. The van der Waals surface area contributed by atoms with E-state index in [1.54, 1.807) is 20.8 Å². The third kappa shape index (κ3) is 6.41. The van der Waals surface area contributed by atoms with Gasteiger partial charge in [-0.15, -0.1) is 0 Å². The summed E-state index contributed by atoms with van der Waals surface area (Å²) in [5.74, 6) is -0.817. The van der Waals surface area contributed by atoms with Crippen LogP contribution in [0.5, 0.6) is 0 Å². The van der Waals surface area contributed by atoms with Gasteiger partial charge < -0.3 is 14.9 Å². The molecule has 6 heteroatoms. The van der Waals surface area contributed by atoms with Crippen LogP contribution in [0.2, 0.25) is 0 Å². The van der Waals surface area contributed by atoms with Crippen LogP contribution < -0.4 is 5.32 Å². The van der Waals surface area contributed by atoms with E-state index in [1.807, 2.05) is 30.3 Å². The number of carbonyl (C=O) groups is 1. The van der Waals surface area contributed by atoms with Crippen molar-refractivity contribution in [2.75, 3.05) is 0 Å². The van der Waals surface area contributed by atoms with E-state index in [4.69, 9.17) is 4.74 Å². The summed E-state index contributed by atoms with van der Waals surface area (Å²) in [5.41, 5.74) is 0.253. The van der Waals surface area contributed by atoms with Gasteiger partial charge in [-0.25, -0.2) is 4.79 Å². The lowest BCUT2D eigenvalue weighted by Crippen LogP contribution is -2.38. The van der Waals surface area contributed by atoms with Crippen molar-refractivity contribution in [1.82, 2.24) is 5.32 Å². The molecule has 1 rings (SSSR count). The molecular formula is C13H20NO4P. The van der Waals surface area contributed by atoms with E-state index in [9.17, 15) is 14.3 Å². The Hall–Kier alpha value is -1.32. The Morgan fingerprint density at radius 1 is 1.37 bits per heavy atom. The number of nitrogens with one attached hydrogen (secondary N) is 1. The van der Waals surface area contributed by atoms with E-state index in [-0.39, 0.29) is 0 Å². The van der Waals surface area contributed by atoms with Crippen LogP contribution in [0.3, 0.4) is 0 Å². The molecule has 1 aromatic rings. The third-order valence-electron chi connectivity index (χ3n) is 2.27. The molecule has 0 saturated carbocycles. The topological polar surface area (TPSA) is 75.6 Å². The van der Waals surface area contributed by atoms with Gasteiger partial charge in [0.15, 0.2) is 0 Å². The molecule has 0 radical (unpaired) electrons. The minimum Gasteiger partial charge on any atom is -0.444 e. The number of hydrogen-bond acceptors (Lipinski definition) is 3. The van der Waals surface area contributed by atoms with Crippen molar-refractivity contribution in [2.45, 2.75) is 38.6 Å². The summed E-state index contributed by atoms with van der Waals surface area (Å²) >= 11 is 0. The zero-order valence-electron chi connectivity index (χ0n) is 11.3. The van der Waals surface area contributed by atoms with Crippen LogP contribution in [0, 0.1) is 0 Å². The Balaban J connectivity index is 2.64. The second kappa shape index (κ2) is 6.73. The van der Waals surface area contributed by atoms with Gasteiger partial charge in [0, 0.05) is 6.42 Å².